The Balaban J connectivity index is 2.75. The fourth-order valence-corrected chi connectivity index (χ4v) is 4.20. The molecule has 11 heteroatoms. The van der Waals surface area contributed by atoms with Crippen molar-refractivity contribution >= 4 is 9.84 Å². The second-order valence-electron chi connectivity index (χ2n) is 6.54. The Kier molecular flexibility index (Phi) is 8.09. The van der Waals surface area contributed by atoms with Crippen LogP contribution in [0, 0.1) is 0 Å². The maximum atomic E-state index is 13.6. The van der Waals surface area contributed by atoms with Crippen LogP contribution < -0.4 is 18.9 Å². The van der Waals surface area contributed by atoms with Crippen LogP contribution in [0.5, 0.6) is 23.0 Å². The van der Waals surface area contributed by atoms with Crippen molar-refractivity contribution in [1.82, 2.24) is 0 Å². The molecule has 2 aromatic carbocycles. The third-order valence-electron chi connectivity index (χ3n) is 3.64. The van der Waals surface area contributed by atoms with Crippen molar-refractivity contribution in [1.29, 1.82) is 0 Å². The minimum atomic E-state index is -4.40. The number of hydrogen-bond acceptors (Lipinski definition) is 10. The molecule has 0 heterocycles. The van der Waals surface area contributed by atoms with Crippen LogP contribution in [-0.2, 0) is 9.84 Å². The Hall–Kier alpha value is -2.57. The first kappa shape index (κ1) is 24.7. The number of sulfone groups is 1. The lowest BCUT2D eigenvalue weighted by atomic mass is 10.3. The zero-order valence-corrected chi connectivity index (χ0v) is 18.2. The van der Waals surface area contributed by atoms with E-state index in [1.54, 1.807) is 0 Å². The average molecular weight is 458 g/mol. The summed E-state index contributed by atoms with van der Waals surface area (Å²) in [6, 6.07) is 7.90. The molecule has 2 aromatic rings. The predicted octanol–water partition coefficient (Wildman–Crippen LogP) is 1.39. The van der Waals surface area contributed by atoms with E-state index in [9.17, 15) is 28.8 Å². The zero-order chi connectivity index (χ0) is 23.3. The Morgan fingerprint density at radius 1 is 0.613 bits per heavy atom. The minimum absolute atomic E-state index is 0.119. The van der Waals surface area contributed by atoms with Crippen LogP contribution in [0.2, 0.25) is 0 Å². The van der Waals surface area contributed by atoms with Gasteiger partial charge in [-0.15, -0.1) is 0 Å². The molecule has 0 spiro atoms. The Morgan fingerprint density at radius 2 is 0.935 bits per heavy atom. The SMILES string of the molecule is CC(O)Oc1cccc(S(=O)(=O)c2cccc(OC(C)O)c2OC(C)O)c1OC(C)O. The molecule has 31 heavy (non-hydrogen) atoms. The normalized spacial score (nSPS) is 15.5. The van der Waals surface area contributed by atoms with Crippen LogP contribution in [0.1, 0.15) is 27.7 Å². The van der Waals surface area contributed by atoms with Crippen LogP contribution in [-0.4, -0.2) is 54.0 Å². The van der Waals surface area contributed by atoms with Gasteiger partial charge in [-0.2, -0.15) is 0 Å². The Morgan fingerprint density at radius 3 is 1.23 bits per heavy atom. The van der Waals surface area contributed by atoms with Gasteiger partial charge < -0.3 is 39.4 Å². The maximum absolute atomic E-state index is 13.6. The van der Waals surface area contributed by atoms with Crippen molar-refractivity contribution < 1.29 is 47.8 Å². The first-order chi connectivity index (χ1) is 14.4. The van der Waals surface area contributed by atoms with Gasteiger partial charge in [-0.05, 0) is 52.0 Å². The summed E-state index contributed by atoms with van der Waals surface area (Å²) in [6.45, 7) is 5.18. The van der Waals surface area contributed by atoms with E-state index in [4.69, 9.17) is 18.9 Å². The van der Waals surface area contributed by atoms with E-state index in [0.29, 0.717) is 0 Å². The van der Waals surface area contributed by atoms with Crippen LogP contribution in [0.4, 0.5) is 0 Å². The highest BCUT2D eigenvalue weighted by molar-refractivity contribution is 7.91. The third-order valence-corrected chi connectivity index (χ3v) is 5.44. The van der Waals surface area contributed by atoms with Crippen molar-refractivity contribution in [2.75, 3.05) is 0 Å². The molecule has 0 aliphatic rings. The number of aliphatic hydroxyl groups excluding tert-OH is 4. The second kappa shape index (κ2) is 10.2. The summed E-state index contributed by atoms with van der Waals surface area (Å²) < 4.78 is 48.1. The molecule has 4 atom stereocenters. The fourth-order valence-electron chi connectivity index (χ4n) is 2.66. The summed E-state index contributed by atoms with van der Waals surface area (Å²) in [6.07, 6.45) is -5.37. The molecule has 0 radical (unpaired) electrons. The zero-order valence-electron chi connectivity index (χ0n) is 17.4. The van der Waals surface area contributed by atoms with E-state index >= 15 is 0 Å². The molecule has 0 aromatic heterocycles. The number of ether oxygens (including phenoxy) is 4. The number of rotatable bonds is 10. The molecule has 0 saturated carbocycles. The quantitative estimate of drug-likeness (QED) is 0.384. The highest BCUT2D eigenvalue weighted by atomic mass is 32.2. The minimum Gasteiger partial charge on any atom is -0.462 e. The molecule has 4 unspecified atom stereocenters. The van der Waals surface area contributed by atoms with Gasteiger partial charge in [0.05, 0.1) is 0 Å². The van der Waals surface area contributed by atoms with Gasteiger partial charge in [0.2, 0.25) is 9.84 Å². The van der Waals surface area contributed by atoms with Crippen molar-refractivity contribution in [3.8, 4) is 23.0 Å². The van der Waals surface area contributed by atoms with Gasteiger partial charge in [0.25, 0.3) is 0 Å². The van der Waals surface area contributed by atoms with Gasteiger partial charge in [-0.25, -0.2) is 8.42 Å². The molecule has 0 fully saturated rings. The molecule has 4 N–H and O–H groups in total. The number of hydrogen-bond donors (Lipinski definition) is 4. The Labute approximate surface area is 180 Å². The summed E-state index contributed by atoms with van der Waals surface area (Å²) in [4.78, 5) is -0.785. The predicted molar refractivity (Wildman–Crippen MR) is 108 cm³/mol. The number of aliphatic hydroxyl groups is 4. The standard InChI is InChI=1S/C20H26O10S/c1-11(21)27-15-7-5-9-17(19(15)29-13(3)23)31(25,26)18-10-6-8-16(28-12(2)22)20(18)30-14(4)24/h5-14,21-24H,1-4H3. The molecule has 0 saturated heterocycles. The van der Waals surface area contributed by atoms with Gasteiger partial charge in [-0.3, -0.25) is 0 Å². The highest BCUT2D eigenvalue weighted by Gasteiger charge is 2.31. The monoisotopic (exact) mass is 458 g/mol. The van der Waals surface area contributed by atoms with E-state index in [1.165, 1.54) is 64.1 Å². The smallest absolute Gasteiger partial charge is 0.214 e. The molecule has 10 nitrogen and oxygen atoms in total. The summed E-state index contributed by atoms with van der Waals surface area (Å²) in [5.41, 5.74) is 0. The molecule has 2 rings (SSSR count). The van der Waals surface area contributed by atoms with Gasteiger partial charge >= 0.3 is 0 Å². The lowest BCUT2D eigenvalue weighted by Crippen LogP contribution is -2.18. The second-order valence-corrected chi connectivity index (χ2v) is 8.43. The van der Waals surface area contributed by atoms with Gasteiger partial charge in [0, 0.05) is 0 Å². The van der Waals surface area contributed by atoms with Crippen molar-refractivity contribution in [3.05, 3.63) is 36.4 Å². The molecule has 0 aliphatic carbocycles. The van der Waals surface area contributed by atoms with E-state index in [2.05, 4.69) is 0 Å². The van der Waals surface area contributed by atoms with E-state index in [1.807, 2.05) is 0 Å². The topological polar surface area (TPSA) is 152 Å². The average Bonchev–Trinajstić information content (AvgIpc) is 2.62. The number of para-hydroxylation sites is 2. The fraction of sp³-hybridized carbons (Fsp3) is 0.400. The molecule has 0 bridgehead atoms. The van der Waals surface area contributed by atoms with E-state index in [0.717, 1.165) is 0 Å². The van der Waals surface area contributed by atoms with Gasteiger partial charge in [-0.1, -0.05) is 12.1 Å². The largest absolute Gasteiger partial charge is 0.462 e. The van der Waals surface area contributed by atoms with Crippen molar-refractivity contribution in [2.45, 2.75) is 62.6 Å². The van der Waals surface area contributed by atoms with Crippen molar-refractivity contribution in [2.24, 2.45) is 0 Å². The van der Waals surface area contributed by atoms with Crippen LogP contribution >= 0.6 is 0 Å². The summed E-state index contributed by atoms with van der Waals surface area (Å²) >= 11 is 0. The maximum Gasteiger partial charge on any atom is 0.214 e. The molecule has 172 valence electrons. The highest BCUT2D eigenvalue weighted by Crippen LogP contribution is 2.43. The van der Waals surface area contributed by atoms with Gasteiger partial charge in [0.1, 0.15) is 9.79 Å². The first-order valence-electron chi connectivity index (χ1n) is 9.33. The summed E-state index contributed by atoms with van der Waals surface area (Å²) in [5.74, 6) is -0.899. The molecular formula is C20H26O10S. The van der Waals surface area contributed by atoms with Crippen LogP contribution in [0.3, 0.4) is 0 Å². The first-order valence-corrected chi connectivity index (χ1v) is 10.8. The molecule has 0 aliphatic heterocycles. The Bertz CT molecular complexity index is 910. The number of benzene rings is 2. The summed E-state index contributed by atoms with van der Waals surface area (Å²) in [7, 11) is -4.40. The third kappa shape index (κ3) is 6.21. The summed E-state index contributed by atoms with van der Waals surface area (Å²) in [5, 5.41) is 38.5. The van der Waals surface area contributed by atoms with Gasteiger partial charge in [0.15, 0.2) is 48.2 Å². The van der Waals surface area contributed by atoms with E-state index < -0.39 is 44.8 Å². The lowest BCUT2D eigenvalue weighted by Gasteiger charge is -2.21. The van der Waals surface area contributed by atoms with Crippen LogP contribution in [0.15, 0.2) is 46.2 Å². The lowest BCUT2D eigenvalue weighted by molar-refractivity contribution is -0.0232. The van der Waals surface area contributed by atoms with Crippen molar-refractivity contribution in [3.63, 3.8) is 0 Å². The molecular weight excluding hydrogens is 432 g/mol. The van der Waals surface area contributed by atoms with Crippen LogP contribution in [0.25, 0.3) is 0 Å². The van der Waals surface area contributed by atoms with E-state index in [-0.39, 0.29) is 23.0 Å². The molecule has 0 amide bonds.